The molecule has 0 radical (unpaired) electrons. The maximum Gasteiger partial charge on any atom is 0.319 e. The van der Waals surface area contributed by atoms with Gasteiger partial charge in [0.25, 0.3) is 0 Å². The third-order valence-corrected chi connectivity index (χ3v) is 3.58. The Balaban J connectivity index is 1.96. The number of benzene rings is 1. The van der Waals surface area contributed by atoms with Crippen molar-refractivity contribution in [1.82, 2.24) is 5.32 Å². The highest BCUT2D eigenvalue weighted by atomic mass is 79.9. The van der Waals surface area contributed by atoms with Gasteiger partial charge in [0.15, 0.2) is 0 Å². The fraction of sp³-hybridized carbons (Fsp3) is 0.231. The molecule has 0 saturated heterocycles. The second-order valence-electron chi connectivity index (χ2n) is 4.52. The number of hydrogen-bond acceptors (Lipinski definition) is 2. The first-order valence-electron chi connectivity index (χ1n) is 6.00. The van der Waals surface area contributed by atoms with Crippen LogP contribution in [0.5, 0.6) is 0 Å². The van der Waals surface area contributed by atoms with Gasteiger partial charge in [0.1, 0.15) is 11.6 Å². The third kappa shape index (κ3) is 3.78. The van der Waals surface area contributed by atoms with Crippen LogP contribution in [0.15, 0.2) is 28.8 Å². The van der Waals surface area contributed by atoms with Gasteiger partial charge in [-0.1, -0.05) is 12.2 Å². The molecule has 0 aliphatic heterocycles. The Labute approximate surface area is 127 Å². The lowest BCUT2D eigenvalue weighted by Gasteiger charge is -2.13. The Morgan fingerprint density at radius 1 is 1.24 bits per heavy atom. The van der Waals surface area contributed by atoms with Crippen molar-refractivity contribution < 1.29 is 23.5 Å². The second kappa shape index (κ2) is 6.21. The van der Waals surface area contributed by atoms with E-state index < -0.39 is 35.6 Å². The van der Waals surface area contributed by atoms with Gasteiger partial charge in [-0.2, -0.15) is 0 Å². The van der Waals surface area contributed by atoms with E-state index in [9.17, 15) is 18.4 Å². The number of carboxylic acids is 1. The van der Waals surface area contributed by atoms with Crippen LogP contribution < -0.4 is 10.6 Å². The molecule has 1 aromatic rings. The summed E-state index contributed by atoms with van der Waals surface area (Å²) >= 11 is 2.89. The zero-order valence-corrected chi connectivity index (χ0v) is 12.2. The summed E-state index contributed by atoms with van der Waals surface area (Å²) in [4.78, 5) is 22.5. The fourth-order valence-electron chi connectivity index (χ4n) is 1.93. The van der Waals surface area contributed by atoms with Crippen LogP contribution in [0.1, 0.15) is 6.42 Å². The van der Waals surface area contributed by atoms with Gasteiger partial charge in [0, 0.05) is 6.07 Å². The SMILES string of the molecule is O=C(Nc1cc(Br)c(F)cc1F)NC1C=CC(C(=O)O)C1. The molecule has 2 amide bonds. The minimum atomic E-state index is -0.968. The molecule has 0 saturated carbocycles. The highest BCUT2D eigenvalue weighted by Gasteiger charge is 2.25. The molecule has 2 unspecified atom stereocenters. The van der Waals surface area contributed by atoms with Crippen LogP contribution in [0.4, 0.5) is 19.3 Å². The van der Waals surface area contributed by atoms with Crippen LogP contribution in [-0.4, -0.2) is 23.1 Å². The van der Waals surface area contributed by atoms with E-state index in [-0.39, 0.29) is 16.6 Å². The summed E-state index contributed by atoms with van der Waals surface area (Å²) in [7, 11) is 0. The van der Waals surface area contributed by atoms with Crippen LogP contribution in [0.25, 0.3) is 0 Å². The van der Waals surface area contributed by atoms with Gasteiger partial charge in [0.2, 0.25) is 0 Å². The number of rotatable bonds is 3. The van der Waals surface area contributed by atoms with Crippen molar-refractivity contribution in [2.24, 2.45) is 5.92 Å². The van der Waals surface area contributed by atoms with Gasteiger partial charge in [-0.25, -0.2) is 13.6 Å². The zero-order chi connectivity index (χ0) is 15.6. The number of carboxylic acid groups (broad SMARTS) is 1. The molecular weight excluding hydrogens is 350 g/mol. The summed E-state index contributed by atoms with van der Waals surface area (Å²) in [5.74, 6) is -3.30. The Hall–Kier alpha value is -1.96. The maximum atomic E-state index is 13.5. The van der Waals surface area contributed by atoms with Crippen LogP contribution in [0.2, 0.25) is 0 Å². The topological polar surface area (TPSA) is 78.4 Å². The maximum absolute atomic E-state index is 13.5. The monoisotopic (exact) mass is 360 g/mol. The number of carbonyl (C=O) groups is 2. The number of urea groups is 1. The van der Waals surface area contributed by atoms with Crippen LogP contribution >= 0.6 is 15.9 Å². The van der Waals surface area contributed by atoms with Crippen molar-refractivity contribution in [1.29, 1.82) is 0 Å². The summed E-state index contributed by atoms with van der Waals surface area (Å²) < 4.78 is 26.6. The molecule has 2 atom stereocenters. The normalized spacial score (nSPS) is 20.3. The van der Waals surface area contributed by atoms with Gasteiger partial charge >= 0.3 is 12.0 Å². The lowest BCUT2D eigenvalue weighted by molar-refractivity contribution is -0.140. The van der Waals surface area contributed by atoms with Crippen LogP contribution in [-0.2, 0) is 4.79 Å². The summed E-state index contributed by atoms with van der Waals surface area (Å²) in [6.07, 6.45) is 3.29. The van der Waals surface area contributed by atoms with E-state index in [4.69, 9.17) is 5.11 Å². The van der Waals surface area contributed by atoms with Gasteiger partial charge in [0.05, 0.1) is 22.1 Å². The average molecular weight is 361 g/mol. The van der Waals surface area contributed by atoms with Crippen molar-refractivity contribution in [3.8, 4) is 0 Å². The van der Waals surface area contributed by atoms with E-state index in [0.717, 1.165) is 6.07 Å². The molecule has 1 aromatic carbocycles. The molecule has 1 aliphatic rings. The number of hydrogen-bond donors (Lipinski definition) is 3. The average Bonchev–Trinajstić information content (AvgIpc) is 2.84. The smallest absolute Gasteiger partial charge is 0.319 e. The third-order valence-electron chi connectivity index (χ3n) is 2.98. The first-order chi connectivity index (χ1) is 9.86. The Morgan fingerprint density at radius 3 is 2.57 bits per heavy atom. The van der Waals surface area contributed by atoms with E-state index in [0.29, 0.717) is 6.07 Å². The molecule has 2 rings (SSSR count). The fourth-order valence-corrected chi connectivity index (χ4v) is 2.28. The summed E-state index contributed by atoms with van der Waals surface area (Å²) in [5.41, 5.74) is -0.183. The molecule has 112 valence electrons. The van der Waals surface area contributed by atoms with E-state index >= 15 is 0 Å². The van der Waals surface area contributed by atoms with Gasteiger partial charge in [-0.3, -0.25) is 4.79 Å². The second-order valence-corrected chi connectivity index (χ2v) is 5.37. The van der Waals surface area contributed by atoms with Gasteiger partial charge in [-0.05, 0) is 28.4 Å². The minimum Gasteiger partial charge on any atom is -0.481 e. The Bertz CT molecular complexity index is 622. The highest BCUT2D eigenvalue weighted by Crippen LogP contribution is 2.24. The summed E-state index contributed by atoms with van der Waals surface area (Å²) in [6, 6.07) is 0.607. The standard InChI is InChI=1S/C13H11BrF2N2O3/c14-8-4-11(10(16)5-9(8)15)18-13(21)17-7-2-1-6(3-7)12(19)20/h1-2,4-7H,3H2,(H,19,20)(H2,17,18,21). The van der Waals surface area contributed by atoms with Crippen LogP contribution in [0, 0.1) is 17.6 Å². The van der Waals surface area contributed by atoms with Gasteiger partial charge < -0.3 is 15.7 Å². The molecule has 0 heterocycles. The molecule has 0 aromatic heterocycles. The molecule has 1 aliphatic carbocycles. The lowest BCUT2D eigenvalue weighted by atomic mass is 10.1. The molecule has 21 heavy (non-hydrogen) atoms. The van der Waals surface area contributed by atoms with E-state index in [1.54, 1.807) is 6.08 Å². The number of carbonyl (C=O) groups excluding carboxylic acids is 1. The van der Waals surface area contributed by atoms with Gasteiger partial charge in [-0.15, -0.1) is 0 Å². The van der Waals surface area contributed by atoms with E-state index in [1.807, 2.05) is 0 Å². The molecule has 0 bridgehead atoms. The van der Waals surface area contributed by atoms with Crippen molar-refractivity contribution in [3.05, 3.63) is 40.4 Å². The number of nitrogens with one attached hydrogen (secondary N) is 2. The Morgan fingerprint density at radius 2 is 1.95 bits per heavy atom. The predicted octanol–water partition coefficient (Wildman–Crippen LogP) is 2.88. The molecule has 5 nitrogen and oxygen atoms in total. The number of anilines is 1. The predicted molar refractivity (Wildman–Crippen MR) is 74.9 cm³/mol. The highest BCUT2D eigenvalue weighted by molar-refractivity contribution is 9.10. The lowest BCUT2D eigenvalue weighted by Crippen LogP contribution is -2.36. The molecule has 0 spiro atoms. The first kappa shape index (κ1) is 15.4. The molecule has 8 heteroatoms. The number of halogens is 3. The molecular formula is C13H11BrF2N2O3. The number of amides is 2. The summed E-state index contributed by atoms with van der Waals surface area (Å²) in [5, 5.41) is 13.6. The Kier molecular flexibility index (Phi) is 4.56. The largest absolute Gasteiger partial charge is 0.481 e. The van der Waals surface area contributed by atoms with Crippen molar-refractivity contribution >= 4 is 33.6 Å². The van der Waals surface area contributed by atoms with Crippen molar-refractivity contribution in [3.63, 3.8) is 0 Å². The zero-order valence-electron chi connectivity index (χ0n) is 10.6. The quantitative estimate of drug-likeness (QED) is 0.572. The van der Waals surface area contributed by atoms with E-state index in [1.165, 1.54) is 6.08 Å². The molecule has 3 N–H and O–H groups in total. The minimum absolute atomic E-state index is 0.0194. The molecule has 0 fully saturated rings. The first-order valence-corrected chi connectivity index (χ1v) is 6.79. The number of aliphatic carboxylic acids is 1. The van der Waals surface area contributed by atoms with Crippen molar-refractivity contribution in [2.45, 2.75) is 12.5 Å². The van der Waals surface area contributed by atoms with E-state index in [2.05, 4.69) is 26.6 Å². The van der Waals surface area contributed by atoms with Crippen LogP contribution in [0.3, 0.4) is 0 Å². The van der Waals surface area contributed by atoms with Crippen molar-refractivity contribution in [2.75, 3.05) is 5.32 Å². The summed E-state index contributed by atoms with van der Waals surface area (Å²) in [6.45, 7) is 0.